The van der Waals surface area contributed by atoms with E-state index in [1.807, 2.05) is 61.7 Å². The van der Waals surface area contributed by atoms with Crippen molar-refractivity contribution in [3.05, 3.63) is 89.7 Å². The van der Waals surface area contributed by atoms with Crippen LogP contribution in [0.15, 0.2) is 73.3 Å². The lowest BCUT2D eigenvalue weighted by atomic mass is 9.78. The van der Waals surface area contributed by atoms with Gasteiger partial charge in [0.25, 0.3) is 0 Å². The number of aryl methyl sites for hydroxylation is 1. The summed E-state index contributed by atoms with van der Waals surface area (Å²) in [5, 5.41) is 3.77. The number of anilines is 1. The summed E-state index contributed by atoms with van der Waals surface area (Å²) in [5.41, 5.74) is 1.21. The van der Waals surface area contributed by atoms with E-state index in [-0.39, 0.29) is 5.91 Å². The Kier molecular flexibility index (Phi) is 6.02. The summed E-state index contributed by atoms with van der Waals surface area (Å²) in [5.74, 6) is 2.32. The minimum absolute atomic E-state index is 0.0115. The molecule has 0 spiro atoms. The van der Waals surface area contributed by atoms with Gasteiger partial charge in [0.15, 0.2) is 0 Å². The Morgan fingerprint density at radius 2 is 1.79 bits per heavy atom. The third-order valence-corrected chi connectivity index (χ3v) is 6.45. The normalized spacial score (nSPS) is 14.6. The maximum Gasteiger partial charge on any atom is 0.235 e. The van der Waals surface area contributed by atoms with Gasteiger partial charge in [-0.3, -0.25) is 9.36 Å². The van der Waals surface area contributed by atoms with E-state index in [2.05, 4.69) is 20.3 Å². The van der Waals surface area contributed by atoms with Gasteiger partial charge in [0.05, 0.1) is 5.41 Å². The first kappa shape index (κ1) is 22.1. The van der Waals surface area contributed by atoms with Gasteiger partial charge in [-0.15, -0.1) is 0 Å². The lowest BCUT2D eigenvalue weighted by Crippen LogP contribution is -2.37. The molecule has 1 aliphatic rings. The molecule has 0 atom stereocenters. The van der Waals surface area contributed by atoms with Crippen LogP contribution in [0.5, 0.6) is 11.6 Å². The maximum atomic E-state index is 13.4. The lowest BCUT2D eigenvalue weighted by molar-refractivity contribution is -0.121. The van der Waals surface area contributed by atoms with Crippen LogP contribution in [0, 0.1) is 6.92 Å². The smallest absolute Gasteiger partial charge is 0.235 e. The molecular formula is C26H24ClN5O2. The monoisotopic (exact) mass is 473 g/mol. The highest BCUT2D eigenvalue weighted by molar-refractivity contribution is 6.30. The number of nitrogens with one attached hydrogen (secondary N) is 1. The maximum absolute atomic E-state index is 13.4. The number of halogens is 1. The molecular weight excluding hydrogens is 450 g/mol. The van der Waals surface area contributed by atoms with Gasteiger partial charge >= 0.3 is 0 Å². The van der Waals surface area contributed by atoms with Crippen LogP contribution in [-0.2, 0) is 10.2 Å². The van der Waals surface area contributed by atoms with E-state index in [0.717, 1.165) is 36.9 Å². The summed E-state index contributed by atoms with van der Waals surface area (Å²) in [7, 11) is 0. The highest BCUT2D eigenvalue weighted by Gasteiger charge is 2.42. The Morgan fingerprint density at radius 1 is 1.06 bits per heavy atom. The molecule has 5 rings (SSSR count). The van der Waals surface area contributed by atoms with Crippen molar-refractivity contribution >= 4 is 23.2 Å². The van der Waals surface area contributed by atoms with Gasteiger partial charge in [-0.05, 0) is 61.7 Å². The van der Waals surface area contributed by atoms with Gasteiger partial charge in [-0.2, -0.15) is 4.98 Å². The SMILES string of the molecule is Cc1nc(Oc2ccc(NC(=O)C3(c4ccc(Cl)cc4)CCCC3)cc2)cc(-n2ccnc2)n1. The van der Waals surface area contributed by atoms with Crippen LogP contribution in [0.1, 0.15) is 37.1 Å². The molecule has 2 aromatic carbocycles. The number of ether oxygens (including phenoxy) is 1. The minimum atomic E-state index is -0.526. The average Bonchev–Trinajstić information content (AvgIpc) is 3.54. The lowest BCUT2D eigenvalue weighted by Gasteiger charge is -2.28. The molecule has 4 aromatic rings. The molecule has 0 saturated heterocycles. The first-order valence-electron chi connectivity index (χ1n) is 11.2. The van der Waals surface area contributed by atoms with E-state index in [4.69, 9.17) is 16.3 Å². The molecule has 1 N–H and O–H groups in total. The molecule has 8 heteroatoms. The number of hydrogen-bond donors (Lipinski definition) is 1. The number of nitrogens with zero attached hydrogens (tertiary/aromatic N) is 4. The molecule has 7 nitrogen and oxygen atoms in total. The Hall–Kier alpha value is -3.71. The van der Waals surface area contributed by atoms with E-state index in [1.165, 1.54) is 0 Å². The van der Waals surface area contributed by atoms with Crippen molar-refractivity contribution in [3.63, 3.8) is 0 Å². The van der Waals surface area contributed by atoms with E-state index >= 15 is 0 Å². The van der Waals surface area contributed by atoms with Gasteiger partial charge in [-0.25, -0.2) is 9.97 Å². The molecule has 1 amide bonds. The zero-order chi connectivity index (χ0) is 23.5. The zero-order valence-corrected chi connectivity index (χ0v) is 19.5. The molecule has 2 aromatic heterocycles. The largest absolute Gasteiger partial charge is 0.439 e. The van der Waals surface area contributed by atoms with E-state index in [0.29, 0.717) is 28.3 Å². The predicted molar refractivity (Wildman–Crippen MR) is 131 cm³/mol. The molecule has 0 radical (unpaired) electrons. The Morgan fingerprint density at radius 3 is 2.47 bits per heavy atom. The van der Waals surface area contributed by atoms with Crippen molar-refractivity contribution in [2.45, 2.75) is 38.0 Å². The van der Waals surface area contributed by atoms with Gasteiger partial charge in [-0.1, -0.05) is 36.6 Å². The van der Waals surface area contributed by atoms with Gasteiger partial charge in [0.1, 0.15) is 23.7 Å². The first-order chi connectivity index (χ1) is 16.5. The number of amides is 1. The van der Waals surface area contributed by atoms with Crippen molar-refractivity contribution in [2.24, 2.45) is 0 Å². The summed E-state index contributed by atoms with van der Waals surface area (Å²) < 4.78 is 7.74. The van der Waals surface area contributed by atoms with Crippen LogP contribution in [0.4, 0.5) is 5.69 Å². The quantitative estimate of drug-likeness (QED) is 0.379. The Bertz CT molecular complexity index is 1280. The molecule has 1 aliphatic carbocycles. The second-order valence-electron chi connectivity index (χ2n) is 8.46. The fraction of sp³-hybridized carbons (Fsp3) is 0.231. The number of rotatable bonds is 6. The second-order valence-corrected chi connectivity index (χ2v) is 8.89. The van der Waals surface area contributed by atoms with Gasteiger partial charge in [0.2, 0.25) is 11.8 Å². The first-order valence-corrected chi connectivity index (χ1v) is 11.6. The summed E-state index contributed by atoms with van der Waals surface area (Å²) in [6, 6.07) is 16.7. The third-order valence-electron chi connectivity index (χ3n) is 6.19. The van der Waals surface area contributed by atoms with Crippen molar-refractivity contribution in [2.75, 3.05) is 5.32 Å². The molecule has 0 unspecified atom stereocenters. The number of benzene rings is 2. The zero-order valence-electron chi connectivity index (χ0n) is 18.7. The van der Waals surface area contributed by atoms with Crippen LogP contribution in [0.25, 0.3) is 5.82 Å². The van der Waals surface area contributed by atoms with E-state index < -0.39 is 5.41 Å². The highest BCUT2D eigenvalue weighted by atomic mass is 35.5. The summed E-state index contributed by atoms with van der Waals surface area (Å²) >= 11 is 6.06. The van der Waals surface area contributed by atoms with E-state index in [1.54, 1.807) is 23.2 Å². The number of carbonyl (C=O) groups excluding carboxylic acids is 1. The third kappa shape index (κ3) is 4.52. The van der Waals surface area contributed by atoms with Crippen molar-refractivity contribution in [3.8, 4) is 17.4 Å². The van der Waals surface area contributed by atoms with Crippen molar-refractivity contribution < 1.29 is 9.53 Å². The van der Waals surface area contributed by atoms with Crippen LogP contribution >= 0.6 is 11.6 Å². The van der Waals surface area contributed by atoms with Crippen LogP contribution in [-0.4, -0.2) is 25.4 Å². The molecule has 172 valence electrons. The van der Waals surface area contributed by atoms with Gasteiger partial charge < -0.3 is 10.1 Å². The van der Waals surface area contributed by atoms with Crippen molar-refractivity contribution in [1.29, 1.82) is 0 Å². The molecule has 1 saturated carbocycles. The average molecular weight is 474 g/mol. The fourth-order valence-electron chi connectivity index (χ4n) is 4.48. The number of imidazole rings is 1. The standard InChI is InChI=1S/C26H24ClN5O2/c1-18-29-23(32-15-14-28-17-32)16-24(30-18)34-22-10-8-21(9-11-22)31-25(33)26(12-2-3-13-26)19-4-6-20(27)7-5-19/h4-11,14-17H,2-3,12-13H2,1H3,(H,31,33). The van der Waals surface area contributed by atoms with Gasteiger partial charge in [0, 0.05) is 29.2 Å². The summed E-state index contributed by atoms with van der Waals surface area (Å²) in [4.78, 5) is 26.2. The molecule has 1 fully saturated rings. The number of aromatic nitrogens is 4. The number of carbonyl (C=O) groups is 1. The molecule has 0 aliphatic heterocycles. The van der Waals surface area contributed by atoms with Crippen LogP contribution in [0.3, 0.4) is 0 Å². The highest BCUT2D eigenvalue weighted by Crippen LogP contribution is 2.42. The van der Waals surface area contributed by atoms with Crippen LogP contribution < -0.4 is 10.1 Å². The van der Waals surface area contributed by atoms with Crippen molar-refractivity contribution in [1.82, 2.24) is 19.5 Å². The number of hydrogen-bond acceptors (Lipinski definition) is 5. The Labute approximate surface area is 202 Å². The topological polar surface area (TPSA) is 81.9 Å². The summed E-state index contributed by atoms with van der Waals surface area (Å²) in [6.45, 7) is 1.81. The minimum Gasteiger partial charge on any atom is -0.439 e. The Balaban J connectivity index is 1.31. The fourth-order valence-corrected chi connectivity index (χ4v) is 4.60. The van der Waals surface area contributed by atoms with E-state index in [9.17, 15) is 4.79 Å². The van der Waals surface area contributed by atoms with Crippen LogP contribution in [0.2, 0.25) is 5.02 Å². The second kappa shape index (κ2) is 9.27. The molecule has 0 bridgehead atoms. The molecule has 34 heavy (non-hydrogen) atoms. The predicted octanol–water partition coefficient (Wildman–Crippen LogP) is 5.87. The molecule has 2 heterocycles. The summed E-state index contributed by atoms with van der Waals surface area (Å²) in [6.07, 6.45) is 8.88.